The Kier molecular flexibility index (Phi) is 4.15. The molecular weight excluding hydrogens is 304 g/mol. The smallest absolute Gasteiger partial charge is 0.247 e. The summed E-state index contributed by atoms with van der Waals surface area (Å²) in [6, 6.07) is -0.460. The first-order chi connectivity index (χ1) is 11.2. The highest BCUT2D eigenvalue weighted by atomic mass is 16.5. The van der Waals surface area contributed by atoms with Crippen molar-refractivity contribution < 1.29 is 14.6 Å². The summed E-state index contributed by atoms with van der Waals surface area (Å²) in [7, 11) is 0. The van der Waals surface area contributed by atoms with Gasteiger partial charge in [0.15, 0.2) is 11.2 Å². The van der Waals surface area contributed by atoms with Gasteiger partial charge in [0.25, 0.3) is 0 Å². The van der Waals surface area contributed by atoms with Gasteiger partial charge in [0.1, 0.15) is 6.23 Å². The zero-order valence-corrected chi connectivity index (χ0v) is 12.4. The van der Waals surface area contributed by atoms with Crippen LogP contribution in [-0.2, 0) is 4.74 Å². The second kappa shape index (κ2) is 6.24. The molecule has 1 aliphatic heterocycles. The van der Waals surface area contributed by atoms with E-state index in [9.17, 15) is 5.11 Å². The van der Waals surface area contributed by atoms with Crippen LogP contribution in [0.4, 0.5) is 5.95 Å². The van der Waals surface area contributed by atoms with E-state index < -0.39 is 18.4 Å². The van der Waals surface area contributed by atoms with Crippen LogP contribution in [0.15, 0.2) is 11.4 Å². The molecule has 0 spiro atoms. The molecule has 0 unspecified atom stereocenters. The van der Waals surface area contributed by atoms with Gasteiger partial charge in [0.05, 0.1) is 31.7 Å². The third-order valence-electron chi connectivity index (χ3n) is 3.58. The van der Waals surface area contributed by atoms with Crippen molar-refractivity contribution in [3.05, 3.63) is 16.8 Å². The second-order valence-corrected chi connectivity index (χ2v) is 4.96. The van der Waals surface area contributed by atoms with Crippen LogP contribution in [0.25, 0.3) is 21.6 Å². The van der Waals surface area contributed by atoms with Crippen molar-refractivity contribution in [2.75, 3.05) is 18.9 Å². The standard InChI is InChI=1S/C12H16N8O3/c1-2-22-11-9-10(16-12(13)17-11)20(5-15-9)8-3-6(18-19-14)7(4-21)23-8/h5-8,21H,2-4H2,1H3,(H2,13,16,17)/t6-,7+,8+/m0/s1. The molecule has 0 saturated carbocycles. The number of imidazole rings is 1. The van der Waals surface area contributed by atoms with Crippen LogP contribution >= 0.6 is 0 Å². The molecule has 122 valence electrons. The summed E-state index contributed by atoms with van der Waals surface area (Å²) in [5.74, 6) is 0.364. The molecule has 0 amide bonds. The molecule has 1 saturated heterocycles. The van der Waals surface area contributed by atoms with Crippen molar-refractivity contribution in [1.29, 1.82) is 0 Å². The lowest BCUT2D eigenvalue weighted by Crippen LogP contribution is -2.22. The van der Waals surface area contributed by atoms with E-state index in [1.54, 1.807) is 10.9 Å². The first-order valence-corrected chi connectivity index (χ1v) is 7.11. The van der Waals surface area contributed by atoms with E-state index >= 15 is 0 Å². The summed E-state index contributed by atoms with van der Waals surface area (Å²) in [4.78, 5) is 15.3. The Morgan fingerprint density at radius 1 is 1.61 bits per heavy atom. The normalized spacial score (nSPS) is 23.8. The second-order valence-electron chi connectivity index (χ2n) is 4.96. The van der Waals surface area contributed by atoms with Crippen LogP contribution in [-0.4, -0.2) is 50.0 Å². The molecule has 3 rings (SSSR count). The highest BCUT2D eigenvalue weighted by molar-refractivity contribution is 5.77. The Hall–Kier alpha value is -2.62. The number of rotatable bonds is 5. The number of anilines is 1. The van der Waals surface area contributed by atoms with Gasteiger partial charge in [-0.05, 0) is 12.5 Å². The molecule has 2 aromatic heterocycles. The number of aromatic nitrogens is 4. The summed E-state index contributed by atoms with van der Waals surface area (Å²) >= 11 is 0. The van der Waals surface area contributed by atoms with Gasteiger partial charge in [0, 0.05) is 11.3 Å². The molecule has 0 aliphatic carbocycles. The number of nitrogens with two attached hydrogens (primary N) is 1. The number of ether oxygens (including phenoxy) is 2. The number of nitrogen functional groups attached to an aromatic ring is 1. The first kappa shape index (κ1) is 15.3. The average molecular weight is 320 g/mol. The summed E-state index contributed by atoms with van der Waals surface area (Å²) in [5.41, 5.74) is 15.3. The molecule has 3 atom stereocenters. The lowest BCUT2D eigenvalue weighted by molar-refractivity contribution is -0.0232. The fourth-order valence-electron chi connectivity index (χ4n) is 2.59. The summed E-state index contributed by atoms with van der Waals surface area (Å²) in [6.45, 7) is 2.01. The highest BCUT2D eigenvalue weighted by Crippen LogP contribution is 2.34. The molecule has 0 radical (unpaired) electrons. The topological polar surface area (TPSA) is 157 Å². The molecule has 1 fully saturated rings. The lowest BCUT2D eigenvalue weighted by Gasteiger charge is -2.14. The van der Waals surface area contributed by atoms with E-state index in [1.807, 2.05) is 6.92 Å². The third-order valence-corrected chi connectivity index (χ3v) is 3.58. The predicted octanol–water partition coefficient (Wildman–Crippen LogP) is 0.766. The Labute approximate surface area is 130 Å². The Morgan fingerprint density at radius 3 is 3.13 bits per heavy atom. The van der Waals surface area contributed by atoms with Crippen LogP contribution in [0.5, 0.6) is 5.88 Å². The summed E-state index contributed by atoms with van der Waals surface area (Å²) in [5, 5.41) is 13.0. The van der Waals surface area contributed by atoms with Crippen molar-refractivity contribution >= 4 is 17.1 Å². The minimum absolute atomic E-state index is 0.0611. The van der Waals surface area contributed by atoms with Gasteiger partial charge < -0.3 is 20.3 Å². The SMILES string of the molecule is CCOc1nc(N)nc2c1ncn2[C@H]1C[C@H](N=[N+]=[N-])[C@@H](CO)O1. The van der Waals surface area contributed by atoms with E-state index in [1.165, 1.54) is 0 Å². The molecule has 0 bridgehead atoms. The molecule has 3 heterocycles. The number of azide groups is 1. The lowest BCUT2D eigenvalue weighted by atomic mass is 10.1. The molecule has 0 aromatic carbocycles. The average Bonchev–Trinajstić information content (AvgIpc) is 3.11. The van der Waals surface area contributed by atoms with Crippen LogP contribution < -0.4 is 10.5 Å². The highest BCUT2D eigenvalue weighted by Gasteiger charge is 2.36. The minimum Gasteiger partial charge on any atom is -0.476 e. The van der Waals surface area contributed by atoms with Gasteiger partial charge >= 0.3 is 0 Å². The molecule has 1 aliphatic rings. The zero-order valence-electron chi connectivity index (χ0n) is 12.4. The van der Waals surface area contributed by atoms with Crippen LogP contribution in [0.2, 0.25) is 0 Å². The van der Waals surface area contributed by atoms with Crippen molar-refractivity contribution in [2.45, 2.75) is 31.7 Å². The molecule has 23 heavy (non-hydrogen) atoms. The van der Waals surface area contributed by atoms with Gasteiger partial charge in [-0.25, -0.2) is 4.98 Å². The number of nitrogens with zero attached hydrogens (tertiary/aromatic N) is 7. The Balaban J connectivity index is 1.99. The third kappa shape index (κ3) is 2.72. The van der Waals surface area contributed by atoms with E-state index in [2.05, 4.69) is 25.0 Å². The minimum atomic E-state index is -0.570. The number of hydrogen-bond donors (Lipinski definition) is 2. The maximum absolute atomic E-state index is 9.35. The van der Waals surface area contributed by atoms with Crippen molar-refractivity contribution in [3.8, 4) is 5.88 Å². The molecular formula is C12H16N8O3. The van der Waals surface area contributed by atoms with Gasteiger partial charge in [-0.15, -0.1) is 0 Å². The van der Waals surface area contributed by atoms with Gasteiger partial charge in [-0.3, -0.25) is 4.57 Å². The van der Waals surface area contributed by atoms with Crippen LogP contribution in [0, 0.1) is 0 Å². The summed E-state index contributed by atoms with van der Waals surface area (Å²) < 4.78 is 12.8. The molecule has 11 heteroatoms. The van der Waals surface area contributed by atoms with Crippen molar-refractivity contribution in [3.63, 3.8) is 0 Å². The number of hydrogen-bond acceptors (Lipinski definition) is 8. The number of fused-ring (bicyclic) bond motifs is 1. The molecule has 11 nitrogen and oxygen atoms in total. The first-order valence-electron chi connectivity index (χ1n) is 7.11. The van der Waals surface area contributed by atoms with E-state index in [-0.39, 0.29) is 12.6 Å². The van der Waals surface area contributed by atoms with Crippen molar-refractivity contribution in [2.24, 2.45) is 5.11 Å². The predicted molar refractivity (Wildman–Crippen MR) is 79.5 cm³/mol. The Bertz CT molecular complexity index is 756. The fraction of sp³-hybridized carbons (Fsp3) is 0.583. The largest absolute Gasteiger partial charge is 0.476 e. The Morgan fingerprint density at radius 2 is 2.43 bits per heavy atom. The maximum atomic E-state index is 9.35. The maximum Gasteiger partial charge on any atom is 0.247 e. The van der Waals surface area contributed by atoms with Gasteiger partial charge in [-0.1, -0.05) is 5.11 Å². The number of aliphatic hydroxyl groups excluding tert-OH is 1. The van der Waals surface area contributed by atoms with E-state index in [4.69, 9.17) is 20.7 Å². The van der Waals surface area contributed by atoms with Gasteiger partial charge in [-0.2, -0.15) is 9.97 Å². The monoisotopic (exact) mass is 320 g/mol. The summed E-state index contributed by atoms with van der Waals surface area (Å²) in [6.07, 6.45) is 0.892. The quantitative estimate of drug-likeness (QED) is 0.467. The molecule has 3 N–H and O–H groups in total. The van der Waals surface area contributed by atoms with E-state index in [0.717, 1.165) is 0 Å². The fourth-order valence-corrected chi connectivity index (χ4v) is 2.59. The molecule has 2 aromatic rings. The van der Waals surface area contributed by atoms with Crippen molar-refractivity contribution in [1.82, 2.24) is 19.5 Å². The zero-order chi connectivity index (χ0) is 16.4. The van der Waals surface area contributed by atoms with Gasteiger partial charge in [0.2, 0.25) is 11.8 Å². The van der Waals surface area contributed by atoms with Crippen LogP contribution in [0.3, 0.4) is 0 Å². The van der Waals surface area contributed by atoms with Crippen LogP contribution in [0.1, 0.15) is 19.6 Å². The van der Waals surface area contributed by atoms with E-state index in [0.29, 0.717) is 30.1 Å². The number of aliphatic hydroxyl groups is 1.